The summed E-state index contributed by atoms with van der Waals surface area (Å²) < 4.78 is 2.89. The average molecular weight is 250 g/mol. The first-order valence-corrected chi connectivity index (χ1v) is 5.02. The summed E-state index contributed by atoms with van der Waals surface area (Å²) in [5.41, 5.74) is 2.75. The smallest absolute Gasteiger partial charge is 0.138 e. The van der Waals surface area contributed by atoms with Gasteiger partial charge in [-0.15, -0.1) is 0 Å². The fourth-order valence-corrected chi connectivity index (χ4v) is 2.05. The Kier molecular flexibility index (Phi) is 2.26. The van der Waals surface area contributed by atoms with E-state index in [1.807, 2.05) is 29.5 Å². The number of nitrogens with zero attached hydrogens (tertiary/aromatic N) is 3. The van der Waals surface area contributed by atoms with Crippen molar-refractivity contribution in [2.75, 3.05) is 0 Å². The predicted molar refractivity (Wildman–Crippen MR) is 56.9 cm³/mol. The predicted octanol–water partition coefficient (Wildman–Crippen LogP) is 2.47. The Labute approximate surface area is 90.1 Å². The molecule has 0 spiro atoms. The van der Waals surface area contributed by atoms with Crippen LogP contribution < -0.4 is 0 Å². The molecule has 3 nitrogen and oxygen atoms in total. The zero-order valence-corrected chi connectivity index (χ0v) is 9.24. The highest BCUT2D eigenvalue weighted by Gasteiger charge is 2.09. The van der Waals surface area contributed by atoms with Gasteiger partial charge in [0.1, 0.15) is 5.65 Å². The standard InChI is InChI=1S/C10H8BrN3/c1-7-8(5-6-12)14-9(11)3-2-4-10(14)13-7/h2-4H,5H2,1H3. The topological polar surface area (TPSA) is 41.1 Å². The molecule has 0 N–H and O–H groups in total. The van der Waals surface area contributed by atoms with Crippen LogP contribution in [-0.2, 0) is 6.42 Å². The van der Waals surface area contributed by atoms with Gasteiger partial charge in [-0.2, -0.15) is 5.26 Å². The summed E-state index contributed by atoms with van der Waals surface area (Å²) in [5.74, 6) is 0. The first-order valence-electron chi connectivity index (χ1n) is 4.23. The molecule has 2 aromatic heterocycles. The molecule has 0 aromatic carbocycles. The minimum Gasteiger partial charge on any atom is -0.290 e. The van der Waals surface area contributed by atoms with E-state index in [2.05, 4.69) is 27.0 Å². The van der Waals surface area contributed by atoms with Gasteiger partial charge in [-0.05, 0) is 35.0 Å². The number of hydrogen-bond acceptors (Lipinski definition) is 2. The van der Waals surface area contributed by atoms with E-state index in [1.54, 1.807) is 0 Å². The van der Waals surface area contributed by atoms with E-state index < -0.39 is 0 Å². The van der Waals surface area contributed by atoms with Crippen molar-refractivity contribution in [1.29, 1.82) is 5.26 Å². The van der Waals surface area contributed by atoms with E-state index in [4.69, 9.17) is 5.26 Å². The Morgan fingerprint density at radius 1 is 1.57 bits per heavy atom. The van der Waals surface area contributed by atoms with Gasteiger partial charge in [-0.1, -0.05) is 6.07 Å². The van der Waals surface area contributed by atoms with Crippen molar-refractivity contribution in [2.24, 2.45) is 0 Å². The maximum atomic E-state index is 8.71. The lowest BCUT2D eigenvalue weighted by Crippen LogP contribution is -1.94. The molecule has 14 heavy (non-hydrogen) atoms. The van der Waals surface area contributed by atoms with Crippen LogP contribution in [0.15, 0.2) is 22.8 Å². The Bertz CT molecular complexity index is 522. The number of halogens is 1. The average Bonchev–Trinajstić information content (AvgIpc) is 2.45. The molecule has 0 unspecified atom stereocenters. The molecular formula is C10H8BrN3. The molecule has 0 atom stereocenters. The van der Waals surface area contributed by atoms with Crippen LogP contribution in [0.3, 0.4) is 0 Å². The quantitative estimate of drug-likeness (QED) is 0.729. The summed E-state index contributed by atoms with van der Waals surface area (Å²) in [7, 11) is 0. The highest BCUT2D eigenvalue weighted by atomic mass is 79.9. The van der Waals surface area contributed by atoms with Crippen LogP contribution in [0, 0.1) is 18.3 Å². The molecule has 0 saturated carbocycles. The molecule has 0 radical (unpaired) electrons. The Morgan fingerprint density at radius 3 is 3.07 bits per heavy atom. The molecule has 0 aliphatic heterocycles. The number of imidazole rings is 1. The van der Waals surface area contributed by atoms with Crippen LogP contribution in [0.4, 0.5) is 0 Å². The number of nitriles is 1. The van der Waals surface area contributed by atoms with E-state index >= 15 is 0 Å². The van der Waals surface area contributed by atoms with Crippen LogP contribution in [0.1, 0.15) is 11.4 Å². The zero-order chi connectivity index (χ0) is 10.1. The van der Waals surface area contributed by atoms with Crippen LogP contribution in [0.25, 0.3) is 5.65 Å². The van der Waals surface area contributed by atoms with E-state index in [9.17, 15) is 0 Å². The first kappa shape index (κ1) is 9.22. The van der Waals surface area contributed by atoms with Crippen LogP contribution in [-0.4, -0.2) is 9.38 Å². The summed E-state index contributed by atoms with van der Waals surface area (Å²) in [6, 6.07) is 7.95. The lowest BCUT2D eigenvalue weighted by molar-refractivity contribution is 1.01. The molecule has 0 bridgehead atoms. The van der Waals surface area contributed by atoms with Crippen molar-refractivity contribution in [3.8, 4) is 6.07 Å². The molecule has 0 aliphatic carbocycles. The van der Waals surface area contributed by atoms with Crippen molar-refractivity contribution < 1.29 is 0 Å². The third-order valence-corrected chi connectivity index (χ3v) is 2.76. The summed E-state index contributed by atoms with van der Waals surface area (Å²) in [4.78, 5) is 4.37. The van der Waals surface area contributed by atoms with E-state index in [0.717, 1.165) is 21.6 Å². The summed E-state index contributed by atoms with van der Waals surface area (Å²) in [5, 5.41) is 8.71. The van der Waals surface area contributed by atoms with Crippen LogP contribution in [0.5, 0.6) is 0 Å². The molecule has 0 amide bonds. The third-order valence-electron chi connectivity index (χ3n) is 2.14. The van der Waals surface area contributed by atoms with Gasteiger partial charge in [0, 0.05) is 0 Å². The lowest BCUT2D eigenvalue weighted by Gasteiger charge is -2.00. The fraction of sp³-hybridized carbons (Fsp3) is 0.200. The largest absolute Gasteiger partial charge is 0.290 e. The minimum atomic E-state index is 0.385. The van der Waals surface area contributed by atoms with Crippen molar-refractivity contribution in [1.82, 2.24) is 9.38 Å². The second kappa shape index (κ2) is 3.43. The Balaban J connectivity index is 2.81. The van der Waals surface area contributed by atoms with E-state index in [1.165, 1.54) is 0 Å². The van der Waals surface area contributed by atoms with Crippen molar-refractivity contribution in [2.45, 2.75) is 13.3 Å². The van der Waals surface area contributed by atoms with Crippen molar-refractivity contribution in [3.63, 3.8) is 0 Å². The lowest BCUT2D eigenvalue weighted by atomic mass is 10.3. The Hall–Kier alpha value is -1.34. The molecule has 2 aromatic rings. The maximum Gasteiger partial charge on any atom is 0.138 e. The fourth-order valence-electron chi connectivity index (χ4n) is 1.51. The van der Waals surface area contributed by atoms with E-state index in [-0.39, 0.29) is 0 Å². The summed E-state index contributed by atoms with van der Waals surface area (Å²) in [6.45, 7) is 1.92. The maximum absolute atomic E-state index is 8.71. The number of rotatable bonds is 1. The number of hydrogen-bond donors (Lipinski definition) is 0. The monoisotopic (exact) mass is 249 g/mol. The van der Waals surface area contributed by atoms with Gasteiger partial charge in [0.2, 0.25) is 0 Å². The van der Waals surface area contributed by atoms with Gasteiger partial charge in [0.25, 0.3) is 0 Å². The SMILES string of the molecule is Cc1nc2cccc(Br)n2c1CC#N. The van der Waals surface area contributed by atoms with Crippen molar-refractivity contribution >= 4 is 21.6 Å². The first-order chi connectivity index (χ1) is 6.74. The molecule has 2 rings (SSSR count). The molecular weight excluding hydrogens is 242 g/mol. The molecule has 70 valence electrons. The molecule has 0 fully saturated rings. The second-order valence-electron chi connectivity index (χ2n) is 3.02. The highest BCUT2D eigenvalue weighted by molar-refractivity contribution is 9.10. The van der Waals surface area contributed by atoms with Crippen LogP contribution >= 0.6 is 15.9 Å². The van der Waals surface area contributed by atoms with Crippen molar-refractivity contribution in [3.05, 3.63) is 34.2 Å². The molecule has 4 heteroatoms. The van der Waals surface area contributed by atoms with E-state index in [0.29, 0.717) is 6.42 Å². The second-order valence-corrected chi connectivity index (χ2v) is 3.83. The molecule has 0 aliphatic rings. The van der Waals surface area contributed by atoms with Gasteiger partial charge in [-0.3, -0.25) is 4.40 Å². The summed E-state index contributed by atoms with van der Waals surface area (Å²) in [6.07, 6.45) is 0.385. The number of aromatic nitrogens is 2. The van der Waals surface area contributed by atoms with Gasteiger partial charge < -0.3 is 0 Å². The number of pyridine rings is 1. The molecule has 0 saturated heterocycles. The summed E-state index contributed by atoms with van der Waals surface area (Å²) >= 11 is 3.44. The van der Waals surface area contributed by atoms with Gasteiger partial charge in [0.05, 0.1) is 28.5 Å². The van der Waals surface area contributed by atoms with Gasteiger partial charge in [-0.25, -0.2) is 4.98 Å². The van der Waals surface area contributed by atoms with Gasteiger partial charge in [0.15, 0.2) is 0 Å². The van der Waals surface area contributed by atoms with Crippen LogP contribution in [0.2, 0.25) is 0 Å². The normalized spacial score (nSPS) is 10.4. The number of fused-ring (bicyclic) bond motifs is 1. The molecule has 2 heterocycles. The Morgan fingerprint density at radius 2 is 2.36 bits per heavy atom. The third kappa shape index (κ3) is 1.30. The minimum absolute atomic E-state index is 0.385. The van der Waals surface area contributed by atoms with Gasteiger partial charge >= 0.3 is 0 Å². The number of aryl methyl sites for hydroxylation is 1. The highest BCUT2D eigenvalue weighted by Crippen LogP contribution is 2.18. The zero-order valence-electron chi connectivity index (χ0n) is 7.66.